The van der Waals surface area contributed by atoms with Gasteiger partial charge in [-0.15, -0.1) is 0 Å². The largest absolute Gasteiger partial charge is 0.378 e. The molecule has 6 nitrogen and oxygen atoms in total. The lowest BCUT2D eigenvalue weighted by molar-refractivity contribution is -0.384. The van der Waals surface area contributed by atoms with Gasteiger partial charge in [-0.3, -0.25) is 14.7 Å². The second kappa shape index (κ2) is 6.83. The molecule has 22 heavy (non-hydrogen) atoms. The van der Waals surface area contributed by atoms with Crippen LogP contribution in [0.3, 0.4) is 0 Å². The minimum atomic E-state index is -3.54. The second-order valence-electron chi connectivity index (χ2n) is 4.57. The van der Waals surface area contributed by atoms with Crippen LogP contribution in [0.25, 0.3) is 0 Å². The monoisotopic (exact) mass is 321 g/mol. The predicted octanol–water partition coefficient (Wildman–Crippen LogP) is 3.23. The van der Waals surface area contributed by atoms with E-state index in [1.807, 2.05) is 0 Å². The van der Waals surface area contributed by atoms with Crippen LogP contribution >= 0.6 is 7.37 Å². The van der Waals surface area contributed by atoms with Gasteiger partial charge >= 0.3 is 0 Å². The van der Waals surface area contributed by atoms with Crippen LogP contribution in [-0.4, -0.2) is 16.6 Å². The van der Waals surface area contributed by atoms with Crippen LogP contribution in [0, 0.1) is 10.1 Å². The number of aliphatic hydroxyl groups is 1. The van der Waals surface area contributed by atoms with Crippen molar-refractivity contribution in [3.63, 3.8) is 0 Å². The van der Waals surface area contributed by atoms with Crippen molar-refractivity contribution in [3.8, 4) is 0 Å². The van der Waals surface area contributed by atoms with Crippen molar-refractivity contribution in [1.29, 1.82) is 0 Å². The molecule has 0 radical (unpaired) electrons. The average Bonchev–Trinajstić information content (AvgIpc) is 2.55. The third-order valence-corrected chi connectivity index (χ3v) is 5.76. The van der Waals surface area contributed by atoms with Gasteiger partial charge in [-0.1, -0.05) is 18.2 Å². The van der Waals surface area contributed by atoms with E-state index in [2.05, 4.69) is 0 Å². The van der Waals surface area contributed by atoms with E-state index < -0.39 is 18.1 Å². The van der Waals surface area contributed by atoms with Crippen LogP contribution in [-0.2, 0) is 9.09 Å². The number of rotatable bonds is 6. The average molecular weight is 321 g/mol. The Kier molecular flexibility index (Phi) is 5.08. The summed E-state index contributed by atoms with van der Waals surface area (Å²) in [7, 11) is -3.54. The standard InChI is InChI=1S/C15H16NO5P/c1-2-21-22(20,14-6-4-3-5-7-14)15(17)12-8-10-13(11-9-12)16(18)19/h3-11,15,17H,2H2,1H3/t15-,22-/m0/s1. The fourth-order valence-electron chi connectivity index (χ4n) is 2.08. The summed E-state index contributed by atoms with van der Waals surface area (Å²) < 4.78 is 18.5. The number of nitro benzene ring substituents is 1. The molecule has 2 rings (SSSR count). The normalized spacial score (nSPS) is 15.0. The molecule has 0 fully saturated rings. The molecule has 0 aliphatic rings. The van der Waals surface area contributed by atoms with Crippen LogP contribution in [0.15, 0.2) is 54.6 Å². The molecular formula is C15H16NO5P. The lowest BCUT2D eigenvalue weighted by Gasteiger charge is -2.23. The number of nitrogens with zero attached hydrogens (tertiary/aromatic N) is 1. The Balaban J connectivity index is 2.40. The van der Waals surface area contributed by atoms with Gasteiger partial charge in [0.05, 0.1) is 11.5 Å². The van der Waals surface area contributed by atoms with Gasteiger partial charge in [-0.2, -0.15) is 0 Å². The van der Waals surface area contributed by atoms with E-state index in [4.69, 9.17) is 4.52 Å². The highest BCUT2D eigenvalue weighted by atomic mass is 31.2. The molecule has 0 bridgehead atoms. The van der Waals surface area contributed by atoms with Gasteiger partial charge in [0.1, 0.15) is 0 Å². The molecule has 0 aromatic heterocycles. The van der Waals surface area contributed by atoms with Gasteiger partial charge in [0, 0.05) is 17.4 Å². The third kappa shape index (κ3) is 3.25. The van der Waals surface area contributed by atoms with Crippen LogP contribution < -0.4 is 5.30 Å². The molecule has 0 heterocycles. The molecule has 116 valence electrons. The van der Waals surface area contributed by atoms with Crippen molar-refractivity contribution in [3.05, 3.63) is 70.3 Å². The maximum atomic E-state index is 13.1. The number of hydrogen-bond donors (Lipinski definition) is 1. The van der Waals surface area contributed by atoms with E-state index in [1.165, 1.54) is 24.3 Å². The minimum absolute atomic E-state index is 0.0955. The number of benzene rings is 2. The molecule has 0 aliphatic carbocycles. The molecule has 2 aromatic carbocycles. The number of non-ortho nitro benzene ring substituents is 1. The highest BCUT2D eigenvalue weighted by molar-refractivity contribution is 7.67. The van der Waals surface area contributed by atoms with Gasteiger partial charge in [-0.05, 0) is 36.8 Å². The highest BCUT2D eigenvalue weighted by Gasteiger charge is 2.36. The summed E-state index contributed by atoms with van der Waals surface area (Å²) in [6.45, 7) is 1.87. The van der Waals surface area contributed by atoms with Crippen LogP contribution in [0.5, 0.6) is 0 Å². The van der Waals surface area contributed by atoms with E-state index in [1.54, 1.807) is 37.3 Å². The molecule has 7 heteroatoms. The fraction of sp³-hybridized carbons (Fsp3) is 0.200. The first kappa shape index (κ1) is 16.4. The molecular weight excluding hydrogens is 305 g/mol. The first-order valence-electron chi connectivity index (χ1n) is 6.71. The van der Waals surface area contributed by atoms with Crippen molar-refractivity contribution < 1.29 is 19.1 Å². The zero-order valence-corrected chi connectivity index (χ0v) is 12.8. The Hall–Kier alpha value is -2.01. The molecule has 2 aromatic rings. The summed E-state index contributed by atoms with van der Waals surface area (Å²) in [5.74, 6) is -1.38. The first-order valence-corrected chi connectivity index (χ1v) is 8.40. The topological polar surface area (TPSA) is 89.7 Å². The lowest BCUT2D eigenvalue weighted by atomic mass is 10.2. The maximum Gasteiger partial charge on any atom is 0.269 e. The maximum absolute atomic E-state index is 13.1. The predicted molar refractivity (Wildman–Crippen MR) is 83.4 cm³/mol. The van der Waals surface area contributed by atoms with Crippen molar-refractivity contribution in [2.45, 2.75) is 12.8 Å². The van der Waals surface area contributed by atoms with Gasteiger partial charge < -0.3 is 9.63 Å². The van der Waals surface area contributed by atoms with Gasteiger partial charge in [0.25, 0.3) is 13.1 Å². The molecule has 1 N–H and O–H groups in total. The summed E-state index contributed by atoms with van der Waals surface area (Å²) in [4.78, 5) is 10.1. The van der Waals surface area contributed by atoms with Crippen LogP contribution in [0.1, 0.15) is 18.3 Å². The van der Waals surface area contributed by atoms with E-state index in [9.17, 15) is 19.8 Å². The number of hydrogen-bond acceptors (Lipinski definition) is 5. The van der Waals surface area contributed by atoms with Crippen molar-refractivity contribution in [2.75, 3.05) is 6.61 Å². The fourth-order valence-corrected chi connectivity index (χ4v) is 4.19. The third-order valence-electron chi connectivity index (χ3n) is 3.16. The Labute approximate surface area is 128 Å². The van der Waals surface area contributed by atoms with E-state index in [0.717, 1.165) is 0 Å². The quantitative estimate of drug-likeness (QED) is 0.501. The van der Waals surface area contributed by atoms with Crippen molar-refractivity contribution >= 4 is 18.4 Å². The van der Waals surface area contributed by atoms with Gasteiger partial charge in [0.2, 0.25) is 0 Å². The summed E-state index contributed by atoms with van der Waals surface area (Å²) in [5, 5.41) is 21.6. The van der Waals surface area contributed by atoms with E-state index in [-0.39, 0.29) is 12.3 Å². The summed E-state index contributed by atoms with van der Waals surface area (Å²) in [6, 6.07) is 13.8. The minimum Gasteiger partial charge on any atom is -0.378 e. The van der Waals surface area contributed by atoms with Gasteiger partial charge in [0.15, 0.2) is 5.85 Å². The van der Waals surface area contributed by atoms with Crippen molar-refractivity contribution in [1.82, 2.24) is 0 Å². The molecule has 2 atom stereocenters. The van der Waals surface area contributed by atoms with E-state index in [0.29, 0.717) is 10.9 Å². The first-order chi connectivity index (χ1) is 10.5. The summed E-state index contributed by atoms with van der Waals surface area (Å²) >= 11 is 0. The Morgan fingerprint density at radius 2 is 1.77 bits per heavy atom. The summed E-state index contributed by atoms with van der Waals surface area (Å²) in [5.41, 5.74) is 0.216. The zero-order valence-electron chi connectivity index (χ0n) is 12.0. The van der Waals surface area contributed by atoms with Crippen LogP contribution in [0.2, 0.25) is 0 Å². The SMILES string of the molecule is CCO[P@@](=O)(c1ccccc1)[C@H](O)c1ccc([N+](=O)[O-])cc1. The van der Waals surface area contributed by atoms with E-state index >= 15 is 0 Å². The number of aliphatic hydroxyl groups excluding tert-OH is 1. The zero-order chi connectivity index (χ0) is 16.2. The Morgan fingerprint density at radius 1 is 1.18 bits per heavy atom. The smallest absolute Gasteiger partial charge is 0.269 e. The highest BCUT2D eigenvalue weighted by Crippen LogP contribution is 2.57. The number of nitro groups is 1. The molecule has 0 saturated heterocycles. The molecule has 0 aliphatic heterocycles. The summed E-state index contributed by atoms with van der Waals surface area (Å²) in [6.07, 6.45) is 0. The van der Waals surface area contributed by atoms with Crippen LogP contribution in [0.4, 0.5) is 5.69 Å². The molecule has 0 spiro atoms. The molecule has 0 saturated carbocycles. The Morgan fingerprint density at radius 3 is 2.27 bits per heavy atom. The second-order valence-corrected chi connectivity index (χ2v) is 7.03. The van der Waals surface area contributed by atoms with Gasteiger partial charge in [-0.25, -0.2) is 0 Å². The van der Waals surface area contributed by atoms with Crippen molar-refractivity contribution in [2.24, 2.45) is 0 Å². The Bertz CT molecular complexity index is 687. The molecule has 0 amide bonds. The molecule has 0 unspecified atom stereocenters. The lowest BCUT2D eigenvalue weighted by Crippen LogP contribution is -2.14.